The third kappa shape index (κ3) is 2.92. The van der Waals surface area contributed by atoms with Crippen LogP contribution in [0.2, 0.25) is 5.02 Å². The topological polar surface area (TPSA) is 79.3 Å². The summed E-state index contributed by atoms with van der Waals surface area (Å²) in [6.45, 7) is 0. The second-order valence-corrected chi connectivity index (χ2v) is 4.19. The van der Waals surface area contributed by atoms with Crippen molar-refractivity contribution in [3.05, 3.63) is 58.6 Å². The number of nitrogens with one attached hydrogen (secondary N) is 1. The first-order valence-electron chi connectivity index (χ1n) is 5.44. The van der Waals surface area contributed by atoms with Crippen molar-refractivity contribution in [3.63, 3.8) is 0 Å². The summed E-state index contributed by atoms with van der Waals surface area (Å²) in [6.07, 6.45) is 1.22. The lowest BCUT2D eigenvalue weighted by Crippen LogP contribution is -2.15. The Morgan fingerprint density at radius 1 is 1.30 bits per heavy atom. The molecular formula is C13H8ClFN2O3. The number of carbonyl (C=O) groups excluding carboxylic acids is 1. The van der Waals surface area contributed by atoms with Gasteiger partial charge in [-0.15, -0.1) is 0 Å². The molecule has 2 N–H and O–H groups in total. The second kappa shape index (κ2) is 5.66. The number of rotatable bonds is 3. The maximum atomic E-state index is 13.6. The predicted molar refractivity (Wildman–Crippen MR) is 70.6 cm³/mol. The van der Waals surface area contributed by atoms with Crippen LogP contribution in [0.25, 0.3) is 0 Å². The SMILES string of the molecule is O=C(O)c1cc(NC(=O)c2c(F)cccc2Cl)ccn1. The van der Waals surface area contributed by atoms with E-state index in [0.717, 1.165) is 12.1 Å². The molecule has 0 fully saturated rings. The van der Waals surface area contributed by atoms with Crippen LogP contribution in [-0.4, -0.2) is 22.0 Å². The highest BCUT2D eigenvalue weighted by Gasteiger charge is 2.16. The second-order valence-electron chi connectivity index (χ2n) is 3.79. The minimum absolute atomic E-state index is 0.0324. The molecule has 0 aliphatic heterocycles. The van der Waals surface area contributed by atoms with Crippen LogP contribution in [0.5, 0.6) is 0 Å². The number of hydrogen-bond donors (Lipinski definition) is 2. The number of nitrogens with zero attached hydrogens (tertiary/aromatic N) is 1. The van der Waals surface area contributed by atoms with Gasteiger partial charge in [-0.05, 0) is 24.3 Å². The molecule has 1 heterocycles. The van der Waals surface area contributed by atoms with Gasteiger partial charge in [-0.3, -0.25) is 4.79 Å². The van der Waals surface area contributed by atoms with Gasteiger partial charge in [0.25, 0.3) is 5.91 Å². The summed E-state index contributed by atoms with van der Waals surface area (Å²) in [5.41, 5.74) is -0.355. The standard InChI is InChI=1S/C13H8ClFN2O3/c14-8-2-1-3-9(15)11(8)12(18)17-7-4-5-16-10(6-7)13(19)20/h1-6H,(H,19,20)(H,16,17,18). The minimum Gasteiger partial charge on any atom is -0.477 e. The summed E-state index contributed by atoms with van der Waals surface area (Å²) in [5.74, 6) is -2.76. The normalized spacial score (nSPS) is 10.1. The first kappa shape index (κ1) is 14.0. The molecule has 1 amide bonds. The molecule has 0 saturated carbocycles. The highest BCUT2D eigenvalue weighted by atomic mass is 35.5. The molecule has 2 rings (SSSR count). The van der Waals surface area contributed by atoms with E-state index in [1.54, 1.807) is 0 Å². The summed E-state index contributed by atoms with van der Waals surface area (Å²) in [5, 5.41) is 11.1. The van der Waals surface area contributed by atoms with Crippen molar-refractivity contribution in [2.45, 2.75) is 0 Å². The van der Waals surface area contributed by atoms with Gasteiger partial charge in [0.1, 0.15) is 11.5 Å². The van der Waals surface area contributed by atoms with Gasteiger partial charge in [0.15, 0.2) is 0 Å². The van der Waals surface area contributed by atoms with Crippen LogP contribution in [0.15, 0.2) is 36.5 Å². The third-order valence-corrected chi connectivity index (χ3v) is 2.74. The minimum atomic E-state index is -1.23. The van der Waals surface area contributed by atoms with E-state index in [9.17, 15) is 14.0 Å². The van der Waals surface area contributed by atoms with Crippen LogP contribution < -0.4 is 5.32 Å². The summed E-state index contributed by atoms with van der Waals surface area (Å²) in [4.78, 5) is 26.3. The summed E-state index contributed by atoms with van der Waals surface area (Å²) in [7, 11) is 0. The van der Waals surface area contributed by atoms with E-state index in [0.29, 0.717) is 0 Å². The van der Waals surface area contributed by atoms with E-state index in [-0.39, 0.29) is 22.0 Å². The van der Waals surface area contributed by atoms with Crippen LogP contribution in [-0.2, 0) is 0 Å². The van der Waals surface area contributed by atoms with E-state index in [1.807, 2.05) is 0 Å². The molecule has 1 aromatic heterocycles. The predicted octanol–water partition coefficient (Wildman–Crippen LogP) is 2.82. The molecule has 0 saturated heterocycles. The van der Waals surface area contributed by atoms with E-state index in [4.69, 9.17) is 16.7 Å². The molecule has 0 aliphatic rings. The molecule has 0 atom stereocenters. The molecule has 2 aromatic rings. The Balaban J connectivity index is 2.28. The van der Waals surface area contributed by atoms with Crippen LogP contribution in [0.3, 0.4) is 0 Å². The fourth-order valence-electron chi connectivity index (χ4n) is 1.53. The lowest BCUT2D eigenvalue weighted by molar-refractivity contribution is 0.0690. The van der Waals surface area contributed by atoms with Gasteiger partial charge < -0.3 is 10.4 Å². The molecule has 20 heavy (non-hydrogen) atoms. The summed E-state index contributed by atoms with van der Waals surface area (Å²) in [6, 6.07) is 6.42. The molecule has 1 aromatic carbocycles. The van der Waals surface area contributed by atoms with Gasteiger partial charge in [0, 0.05) is 11.9 Å². The number of amides is 1. The van der Waals surface area contributed by atoms with Gasteiger partial charge in [-0.2, -0.15) is 0 Å². The zero-order chi connectivity index (χ0) is 14.7. The fraction of sp³-hybridized carbons (Fsp3) is 0. The van der Waals surface area contributed by atoms with E-state index in [2.05, 4.69) is 10.3 Å². The molecule has 7 heteroatoms. The number of aromatic carboxylic acids is 1. The first-order valence-corrected chi connectivity index (χ1v) is 5.81. The molecule has 0 spiro atoms. The fourth-order valence-corrected chi connectivity index (χ4v) is 1.78. The van der Waals surface area contributed by atoms with E-state index < -0.39 is 17.7 Å². The average Bonchev–Trinajstić information content (AvgIpc) is 2.38. The Kier molecular flexibility index (Phi) is 3.95. The van der Waals surface area contributed by atoms with Gasteiger partial charge in [0.05, 0.1) is 10.6 Å². The van der Waals surface area contributed by atoms with Crippen LogP contribution >= 0.6 is 11.6 Å². The monoisotopic (exact) mass is 294 g/mol. The molecule has 0 radical (unpaired) electrons. The first-order chi connectivity index (χ1) is 9.49. The number of pyridine rings is 1. The van der Waals surface area contributed by atoms with E-state index >= 15 is 0 Å². The number of hydrogen-bond acceptors (Lipinski definition) is 3. The average molecular weight is 295 g/mol. The Labute approximate surface area is 118 Å². The number of carbonyl (C=O) groups is 2. The van der Waals surface area contributed by atoms with Gasteiger partial charge >= 0.3 is 5.97 Å². The van der Waals surface area contributed by atoms with Crippen molar-refractivity contribution in [1.29, 1.82) is 0 Å². The Morgan fingerprint density at radius 3 is 2.70 bits per heavy atom. The lowest BCUT2D eigenvalue weighted by Gasteiger charge is -2.07. The van der Waals surface area contributed by atoms with Crippen molar-refractivity contribution in [1.82, 2.24) is 4.98 Å². The molecule has 5 nitrogen and oxygen atoms in total. The van der Waals surface area contributed by atoms with Gasteiger partial charge in [-0.25, -0.2) is 14.2 Å². The molecule has 102 valence electrons. The number of benzene rings is 1. The Hall–Kier alpha value is -2.47. The third-order valence-electron chi connectivity index (χ3n) is 2.43. The van der Waals surface area contributed by atoms with Crippen molar-refractivity contribution < 1.29 is 19.1 Å². The van der Waals surface area contributed by atoms with E-state index in [1.165, 1.54) is 24.4 Å². The Bertz CT molecular complexity index is 671. The van der Waals surface area contributed by atoms with Crippen LogP contribution in [0.1, 0.15) is 20.8 Å². The van der Waals surface area contributed by atoms with Crippen molar-refractivity contribution in [3.8, 4) is 0 Å². The van der Waals surface area contributed by atoms with Gasteiger partial charge in [-0.1, -0.05) is 17.7 Å². The van der Waals surface area contributed by atoms with Crippen molar-refractivity contribution in [2.75, 3.05) is 5.32 Å². The molecule has 0 bridgehead atoms. The maximum Gasteiger partial charge on any atom is 0.354 e. The molecule has 0 aliphatic carbocycles. The molecular weight excluding hydrogens is 287 g/mol. The quantitative estimate of drug-likeness (QED) is 0.912. The Morgan fingerprint density at radius 2 is 2.05 bits per heavy atom. The number of carboxylic acids is 1. The zero-order valence-corrected chi connectivity index (χ0v) is 10.7. The largest absolute Gasteiger partial charge is 0.477 e. The number of carboxylic acid groups (broad SMARTS) is 1. The highest BCUT2D eigenvalue weighted by Crippen LogP contribution is 2.20. The molecule has 0 unspecified atom stereocenters. The number of halogens is 2. The van der Waals surface area contributed by atoms with Crippen LogP contribution in [0, 0.1) is 5.82 Å². The summed E-state index contributed by atoms with van der Waals surface area (Å²) < 4.78 is 13.6. The zero-order valence-electron chi connectivity index (χ0n) is 9.93. The van der Waals surface area contributed by atoms with Gasteiger partial charge in [0.2, 0.25) is 0 Å². The van der Waals surface area contributed by atoms with Crippen molar-refractivity contribution >= 4 is 29.2 Å². The lowest BCUT2D eigenvalue weighted by atomic mass is 10.2. The number of anilines is 1. The number of aromatic nitrogens is 1. The van der Waals surface area contributed by atoms with Crippen LogP contribution in [0.4, 0.5) is 10.1 Å². The summed E-state index contributed by atoms with van der Waals surface area (Å²) >= 11 is 5.77. The highest BCUT2D eigenvalue weighted by molar-refractivity contribution is 6.34. The maximum absolute atomic E-state index is 13.6. The van der Waals surface area contributed by atoms with Crippen molar-refractivity contribution in [2.24, 2.45) is 0 Å². The smallest absolute Gasteiger partial charge is 0.354 e.